The normalized spacial score (nSPS) is 19.2. The molecule has 4 rings (SSSR count). The highest BCUT2D eigenvalue weighted by Gasteiger charge is 2.29. The van der Waals surface area contributed by atoms with Gasteiger partial charge in [0, 0.05) is 50.4 Å². The average Bonchev–Trinajstić information content (AvgIpc) is 3.16. The summed E-state index contributed by atoms with van der Waals surface area (Å²) in [4.78, 5) is 34.4. The number of nitrogens with zero attached hydrogens (tertiary/aromatic N) is 3. The number of carbonyl (C=O) groups is 2. The number of aromatic nitrogens is 1. The number of amides is 2. The van der Waals surface area contributed by atoms with Gasteiger partial charge in [0.05, 0.1) is 5.69 Å². The summed E-state index contributed by atoms with van der Waals surface area (Å²) in [5, 5.41) is 4.12. The van der Waals surface area contributed by atoms with Crippen molar-refractivity contribution in [1.29, 1.82) is 0 Å². The second kappa shape index (κ2) is 8.31. The van der Waals surface area contributed by atoms with E-state index in [1.807, 2.05) is 35.2 Å². The molecule has 0 bridgehead atoms. The number of nitrogens with one attached hydrogen (secondary N) is 1. The fourth-order valence-corrected chi connectivity index (χ4v) is 5.10. The number of rotatable bonds is 4. The molecule has 0 spiro atoms. The molecule has 0 saturated carbocycles. The third-order valence-electron chi connectivity index (χ3n) is 5.60. The summed E-state index contributed by atoms with van der Waals surface area (Å²) in [6, 6.07) is 10.0. The van der Waals surface area contributed by atoms with Crippen LogP contribution in [0.15, 0.2) is 30.3 Å². The van der Waals surface area contributed by atoms with Crippen molar-refractivity contribution in [2.75, 3.05) is 31.1 Å². The lowest BCUT2D eigenvalue weighted by Crippen LogP contribution is -2.48. The lowest BCUT2D eigenvalue weighted by molar-refractivity contribution is -0.129. The van der Waals surface area contributed by atoms with E-state index in [9.17, 15) is 9.59 Å². The number of hydrogen-bond acceptors (Lipinski definition) is 5. The van der Waals surface area contributed by atoms with E-state index in [-0.39, 0.29) is 17.7 Å². The molecular weight excluding hydrogens is 372 g/mol. The summed E-state index contributed by atoms with van der Waals surface area (Å²) < 4.78 is 0. The van der Waals surface area contributed by atoms with E-state index in [0.29, 0.717) is 6.54 Å². The molecular formula is C21H26N4O2S. The molecule has 1 unspecified atom stereocenters. The van der Waals surface area contributed by atoms with Gasteiger partial charge >= 0.3 is 0 Å². The summed E-state index contributed by atoms with van der Waals surface area (Å²) in [5.74, 6) is 0.307. The highest BCUT2D eigenvalue weighted by Crippen LogP contribution is 2.34. The van der Waals surface area contributed by atoms with Crippen LogP contribution in [-0.2, 0) is 29.0 Å². The molecule has 1 aliphatic heterocycles. The fraction of sp³-hybridized carbons (Fsp3) is 0.476. The van der Waals surface area contributed by atoms with Gasteiger partial charge in [-0.15, -0.1) is 11.3 Å². The molecule has 6 nitrogen and oxygen atoms in total. The van der Waals surface area contributed by atoms with E-state index in [1.54, 1.807) is 18.3 Å². The Morgan fingerprint density at radius 2 is 1.93 bits per heavy atom. The van der Waals surface area contributed by atoms with E-state index in [1.165, 1.54) is 4.88 Å². The van der Waals surface area contributed by atoms with Crippen molar-refractivity contribution in [1.82, 2.24) is 15.2 Å². The quantitative estimate of drug-likeness (QED) is 0.858. The van der Waals surface area contributed by atoms with Gasteiger partial charge in [-0.3, -0.25) is 9.59 Å². The number of piperazine rings is 1. The maximum Gasteiger partial charge on any atom is 0.223 e. The summed E-state index contributed by atoms with van der Waals surface area (Å²) in [6.07, 6.45) is 2.50. The largest absolute Gasteiger partial charge is 0.352 e. The molecule has 148 valence electrons. The first kappa shape index (κ1) is 18.9. The number of benzene rings is 1. The molecule has 1 aliphatic carbocycles. The molecule has 7 heteroatoms. The Kier molecular flexibility index (Phi) is 5.62. The molecule has 2 aromatic rings. The maximum absolute atomic E-state index is 12.6. The number of anilines is 1. The van der Waals surface area contributed by atoms with Gasteiger partial charge in [-0.2, -0.15) is 0 Å². The Morgan fingerprint density at radius 1 is 1.18 bits per heavy atom. The third-order valence-corrected chi connectivity index (χ3v) is 6.78. The molecule has 1 atom stereocenters. The van der Waals surface area contributed by atoms with Gasteiger partial charge < -0.3 is 15.1 Å². The van der Waals surface area contributed by atoms with Crippen molar-refractivity contribution in [2.24, 2.45) is 5.92 Å². The minimum Gasteiger partial charge on any atom is -0.352 e. The van der Waals surface area contributed by atoms with Crippen molar-refractivity contribution in [3.8, 4) is 0 Å². The lowest BCUT2D eigenvalue weighted by atomic mass is 9.90. The van der Waals surface area contributed by atoms with Gasteiger partial charge in [0.1, 0.15) is 0 Å². The summed E-state index contributed by atoms with van der Waals surface area (Å²) >= 11 is 1.72. The second-order valence-corrected chi connectivity index (χ2v) is 8.56. The van der Waals surface area contributed by atoms with Crippen LogP contribution < -0.4 is 10.2 Å². The monoisotopic (exact) mass is 398 g/mol. The van der Waals surface area contributed by atoms with Crippen molar-refractivity contribution < 1.29 is 9.59 Å². The SMILES string of the molecule is CC(=O)N1CCN(c2nc3c(s2)CC(C(=O)NCc2ccccc2)CC3)CC1. The first-order chi connectivity index (χ1) is 13.6. The zero-order valence-corrected chi connectivity index (χ0v) is 17.0. The summed E-state index contributed by atoms with van der Waals surface area (Å²) in [6.45, 7) is 5.37. The Morgan fingerprint density at radius 3 is 2.64 bits per heavy atom. The minimum atomic E-state index is 0.0269. The highest BCUT2D eigenvalue weighted by atomic mass is 32.1. The number of carbonyl (C=O) groups excluding carboxylic acids is 2. The highest BCUT2D eigenvalue weighted by molar-refractivity contribution is 7.15. The van der Waals surface area contributed by atoms with Crippen molar-refractivity contribution in [3.63, 3.8) is 0 Å². The van der Waals surface area contributed by atoms with Crippen LogP contribution >= 0.6 is 11.3 Å². The Labute approximate surface area is 169 Å². The molecule has 1 aromatic heterocycles. The Bertz CT molecular complexity index is 843. The smallest absolute Gasteiger partial charge is 0.223 e. The van der Waals surface area contributed by atoms with Gasteiger partial charge in [-0.25, -0.2) is 4.98 Å². The van der Waals surface area contributed by atoms with Gasteiger partial charge in [0.2, 0.25) is 11.8 Å². The summed E-state index contributed by atoms with van der Waals surface area (Å²) in [7, 11) is 0. The summed E-state index contributed by atoms with van der Waals surface area (Å²) in [5.41, 5.74) is 2.28. The van der Waals surface area contributed by atoms with Crippen molar-refractivity contribution >= 4 is 28.3 Å². The molecule has 2 aliphatic rings. The molecule has 1 N–H and O–H groups in total. The van der Waals surface area contributed by atoms with E-state index in [4.69, 9.17) is 4.98 Å². The molecule has 2 amide bonds. The number of thiazole rings is 1. The van der Waals surface area contributed by atoms with Crippen LogP contribution in [0.2, 0.25) is 0 Å². The van der Waals surface area contributed by atoms with Crippen LogP contribution in [0.5, 0.6) is 0 Å². The van der Waals surface area contributed by atoms with E-state index in [2.05, 4.69) is 10.2 Å². The van der Waals surface area contributed by atoms with Crippen LogP contribution in [-0.4, -0.2) is 47.9 Å². The van der Waals surface area contributed by atoms with Crippen LogP contribution in [0.3, 0.4) is 0 Å². The number of aryl methyl sites for hydroxylation is 1. The zero-order valence-electron chi connectivity index (χ0n) is 16.2. The second-order valence-electron chi connectivity index (χ2n) is 7.50. The van der Waals surface area contributed by atoms with Crippen molar-refractivity contribution in [2.45, 2.75) is 32.7 Å². The predicted molar refractivity (Wildman–Crippen MR) is 110 cm³/mol. The zero-order chi connectivity index (χ0) is 19.5. The van der Waals surface area contributed by atoms with E-state index < -0.39 is 0 Å². The standard InChI is InChI=1S/C21H26N4O2S/c1-15(26)24-9-11-25(12-10-24)21-23-18-8-7-17(13-19(18)28-21)20(27)22-14-16-5-3-2-4-6-16/h2-6,17H,7-14H2,1H3,(H,22,27). The first-order valence-corrected chi connectivity index (χ1v) is 10.7. The van der Waals surface area contributed by atoms with Crippen LogP contribution in [0, 0.1) is 5.92 Å². The van der Waals surface area contributed by atoms with Gasteiger partial charge in [-0.05, 0) is 24.8 Å². The molecule has 0 radical (unpaired) electrons. The topological polar surface area (TPSA) is 65.5 Å². The maximum atomic E-state index is 12.6. The molecule has 1 saturated heterocycles. The van der Waals surface area contributed by atoms with E-state index >= 15 is 0 Å². The molecule has 1 aromatic carbocycles. The Balaban J connectivity index is 1.34. The molecule has 1 fully saturated rings. The van der Waals surface area contributed by atoms with Crippen LogP contribution in [0.1, 0.15) is 29.5 Å². The number of fused-ring (bicyclic) bond motifs is 1. The first-order valence-electron chi connectivity index (χ1n) is 9.91. The number of hydrogen-bond donors (Lipinski definition) is 1. The Hall–Kier alpha value is -2.41. The average molecular weight is 399 g/mol. The van der Waals surface area contributed by atoms with Gasteiger partial charge in [0.25, 0.3) is 0 Å². The predicted octanol–water partition coefficient (Wildman–Crippen LogP) is 2.23. The van der Waals surface area contributed by atoms with Crippen molar-refractivity contribution in [3.05, 3.63) is 46.5 Å². The van der Waals surface area contributed by atoms with E-state index in [0.717, 1.165) is 61.8 Å². The van der Waals surface area contributed by atoms with Gasteiger partial charge in [0.15, 0.2) is 5.13 Å². The van der Waals surface area contributed by atoms with Gasteiger partial charge in [-0.1, -0.05) is 30.3 Å². The minimum absolute atomic E-state index is 0.0269. The molecule has 28 heavy (non-hydrogen) atoms. The van der Waals surface area contributed by atoms with Crippen LogP contribution in [0.25, 0.3) is 0 Å². The molecule has 2 heterocycles. The lowest BCUT2D eigenvalue weighted by Gasteiger charge is -2.33. The van der Waals surface area contributed by atoms with Crippen LogP contribution in [0.4, 0.5) is 5.13 Å². The third kappa shape index (κ3) is 4.19. The fourth-order valence-electron chi connectivity index (χ4n) is 3.86.